The number of ether oxygens (including phenoxy) is 1. The van der Waals surface area contributed by atoms with Gasteiger partial charge in [0.2, 0.25) is 5.91 Å². The van der Waals surface area contributed by atoms with E-state index in [1.807, 2.05) is 24.3 Å². The van der Waals surface area contributed by atoms with Crippen molar-refractivity contribution in [1.29, 1.82) is 0 Å². The highest BCUT2D eigenvalue weighted by Gasteiger charge is 2.45. The first-order valence-electron chi connectivity index (χ1n) is 7.20. The van der Waals surface area contributed by atoms with E-state index in [1.165, 1.54) is 0 Å². The molecule has 0 heterocycles. The van der Waals surface area contributed by atoms with Crippen molar-refractivity contribution >= 4 is 11.6 Å². The molecular weight excluding hydrogens is 252 g/mol. The van der Waals surface area contributed by atoms with Gasteiger partial charge in [0.15, 0.2) is 0 Å². The van der Waals surface area contributed by atoms with Crippen molar-refractivity contribution < 1.29 is 9.53 Å². The molecule has 3 unspecified atom stereocenters. The molecule has 4 heteroatoms. The van der Waals surface area contributed by atoms with Crippen molar-refractivity contribution in [1.82, 2.24) is 0 Å². The highest BCUT2D eigenvalue weighted by atomic mass is 16.5. The summed E-state index contributed by atoms with van der Waals surface area (Å²) < 4.78 is 5.15. The molecule has 4 nitrogen and oxygen atoms in total. The maximum Gasteiger partial charge on any atom is 0.243 e. The largest absolute Gasteiger partial charge is 0.497 e. The number of hydrogen-bond donors (Lipinski definition) is 2. The molecule has 0 spiro atoms. The van der Waals surface area contributed by atoms with Crippen LogP contribution >= 0.6 is 0 Å². The average Bonchev–Trinajstić information content (AvgIpc) is 2.42. The smallest absolute Gasteiger partial charge is 0.243 e. The second-order valence-electron chi connectivity index (χ2n) is 5.97. The van der Waals surface area contributed by atoms with E-state index in [0.717, 1.165) is 30.7 Å². The summed E-state index contributed by atoms with van der Waals surface area (Å²) in [7, 11) is 1.64. The summed E-state index contributed by atoms with van der Waals surface area (Å²) in [6.07, 6.45) is 2.83. The van der Waals surface area contributed by atoms with E-state index >= 15 is 0 Å². The number of carbonyl (C=O) groups excluding carboxylic acids is 1. The van der Waals surface area contributed by atoms with Gasteiger partial charge in [0, 0.05) is 5.69 Å². The third kappa shape index (κ3) is 2.74. The molecule has 20 heavy (non-hydrogen) atoms. The predicted molar refractivity (Wildman–Crippen MR) is 80.7 cm³/mol. The molecule has 1 amide bonds. The van der Waals surface area contributed by atoms with E-state index in [9.17, 15) is 4.79 Å². The van der Waals surface area contributed by atoms with Crippen molar-refractivity contribution in [2.75, 3.05) is 12.4 Å². The van der Waals surface area contributed by atoms with Crippen LogP contribution in [0.2, 0.25) is 0 Å². The molecule has 1 fully saturated rings. The van der Waals surface area contributed by atoms with Crippen LogP contribution in [0.5, 0.6) is 5.75 Å². The summed E-state index contributed by atoms with van der Waals surface area (Å²) in [6, 6.07) is 7.61. The molecule has 0 bridgehead atoms. The first-order valence-corrected chi connectivity index (χ1v) is 7.20. The number of nitrogens with one attached hydrogen (secondary N) is 1. The number of nitrogens with two attached hydrogens (primary N) is 1. The Labute approximate surface area is 120 Å². The van der Waals surface area contributed by atoms with E-state index in [0.29, 0.717) is 5.92 Å². The first kappa shape index (κ1) is 14.7. The molecule has 0 radical (unpaired) electrons. The van der Waals surface area contributed by atoms with Crippen molar-refractivity contribution in [3.8, 4) is 5.75 Å². The lowest BCUT2D eigenvalue weighted by atomic mass is 9.69. The Morgan fingerprint density at radius 3 is 2.50 bits per heavy atom. The maximum absolute atomic E-state index is 12.1. The number of methoxy groups -OCH3 is 1. The third-order valence-corrected chi connectivity index (χ3v) is 4.53. The average molecular weight is 276 g/mol. The molecule has 0 saturated heterocycles. The highest BCUT2D eigenvalue weighted by molar-refractivity contribution is 5.88. The Balaban J connectivity index is 2.22. The van der Waals surface area contributed by atoms with Gasteiger partial charge in [-0.1, -0.05) is 13.8 Å². The molecule has 1 aromatic carbocycles. The minimum atomic E-state index is -0.638. The number of primary amides is 1. The Morgan fingerprint density at radius 1 is 1.35 bits per heavy atom. The molecule has 3 N–H and O–H groups in total. The zero-order valence-corrected chi connectivity index (χ0v) is 12.5. The summed E-state index contributed by atoms with van der Waals surface area (Å²) in [4.78, 5) is 12.1. The number of benzene rings is 1. The van der Waals surface area contributed by atoms with Crippen LogP contribution in [-0.4, -0.2) is 18.6 Å². The summed E-state index contributed by atoms with van der Waals surface area (Å²) >= 11 is 0. The molecule has 2 rings (SSSR count). The standard InChI is InChI=1S/C16H24N2O2/c1-11-8-9-16(15(17)19,12(2)10-11)18-13-4-6-14(20-3)7-5-13/h4-7,11-12,18H,8-10H2,1-3H3,(H2,17,19). The fraction of sp³-hybridized carbons (Fsp3) is 0.562. The highest BCUT2D eigenvalue weighted by Crippen LogP contribution is 2.39. The van der Waals surface area contributed by atoms with E-state index in [1.54, 1.807) is 7.11 Å². The number of anilines is 1. The number of amides is 1. The van der Waals surface area contributed by atoms with Gasteiger partial charge in [-0.3, -0.25) is 4.79 Å². The third-order valence-electron chi connectivity index (χ3n) is 4.53. The Morgan fingerprint density at radius 2 is 2.00 bits per heavy atom. The number of carbonyl (C=O) groups is 1. The molecule has 0 aromatic heterocycles. The van der Waals surface area contributed by atoms with Crippen molar-refractivity contribution in [3.63, 3.8) is 0 Å². The van der Waals surface area contributed by atoms with Gasteiger partial charge in [-0.15, -0.1) is 0 Å². The van der Waals surface area contributed by atoms with Crippen molar-refractivity contribution in [2.24, 2.45) is 17.6 Å². The lowest BCUT2D eigenvalue weighted by Crippen LogP contribution is -2.57. The molecule has 0 aliphatic heterocycles. The molecule has 1 aliphatic carbocycles. The fourth-order valence-corrected chi connectivity index (χ4v) is 3.19. The fourth-order valence-electron chi connectivity index (χ4n) is 3.19. The zero-order valence-electron chi connectivity index (χ0n) is 12.5. The van der Waals surface area contributed by atoms with E-state index in [4.69, 9.17) is 10.5 Å². The van der Waals surface area contributed by atoms with Gasteiger partial charge in [0.05, 0.1) is 7.11 Å². The van der Waals surface area contributed by atoms with Gasteiger partial charge >= 0.3 is 0 Å². The van der Waals surface area contributed by atoms with Crippen molar-refractivity contribution in [3.05, 3.63) is 24.3 Å². The molecule has 1 saturated carbocycles. The number of rotatable bonds is 4. The summed E-state index contributed by atoms with van der Waals surface area (Å²) in [6.45, 7) is 4.34. The van der Waals surface area contributed by atoms with Crippen LogP contribution < -0.4 is 15.8 Å². The minimum Gasteiger partial charge on any atom is -0.497 e. The normalized spacial score (nSPS) is 29.8. The Kier molecular flexibility index (Phi) is 4.21. The number of hydrogen-bond acceptors (Lipinski definition) is 3. The van der Waals surface area contributed by atoms with Crippen LogP contribution in [0.15, 0.2) is 24.3 Å². The quantitative estimate of drug-likeness (QED) is 0.888. The monoisotopic (exact) mass is 276 g/mol. The summed E-state index contributed by atoms with van der Waals surface area (Å²) in [5.74, 6) is 1.42. The van der Waals surface area contributed by atoms with Gasteiger partial charge < -0.3 is 15.8 Å². The minimum absolute atomic E-state index is 0.228. The van der Waals surface area contributed by atoms with E-state index in [2.05, 4.69) is 19.2 Å². The van der Waals surface area contributed by atoms with Gasteiger partial charge in [0.1, 0.15) is 11.3 Å². The summed E-state index contributed by atoms with van der Waals surface area (Å²) in [5.41, 5.74) is 5.99. The van der Waals surface area contributed by atoms with Gasteiger partial charge in [0.25, 0.3) is 0 Å². The molecular formula is C16H24N2O2. The van der Waals surface area contributed by atoms with E-state index < -0.39 is 5.54 Å². The van der Waals surface area contributed by atoms with Crippen LogP contribution in [0.25, 0.3) is 0 Å². The first-order chi connectivity index (χ1) is 9.48. The van der Waals surface area contributed by atoms with Crippen LogP contribution in [-0.2, 0) is 4.79 Å². The zero-order chi connectivity index (χ0) is 14.8. The summed E-state index contributed by atoms with van der Waals surface area (Å²) in [5, 5.41) is 3.39. The van der Waals surface area contributed by atoms with E-state index in [-0.39, 0.29) is 11.8 Å². The Bertz CT molecular complexity index is 472. The predicted octanol–water partition coefficient (Wildman–Crippen LogP) is 2.79. The lowest BCUT2D eigenvalue weighted by Gasteiger charge is -2.43. The Hall–Kier alpha value is -1.71. The van der Waals surface area contributed by atoms with Crippen molar-refractivity contribution in [2.45, 2.75) is 38.6 Å². The van der Waals surface area contributed by atoms with Crippen LogP contribution in [0, 0.1) is 11.8 Å². The maximum atomic E-state index is 12.1. The van der Waals surface area contributed by atoms with Gasteiger partial charge in [-0.25, -0.2) is 0 Å². The van der Waals surface area contributed by atoms with Crippen LogP contribution in [0.1, 0.15) is 33.1 Å². The second-order valence-corrected chi connectivity index (χ2v) is 5.97. The van der Waals surface area contributed by atoms with Crippen LogP contribution in [0.4, 0.5) is 5.69 Å². The molecule has 1 aliphatic rings. The topological polar surface area (TPSA) is 64.3 Å². The second kappa shape index (κ2) is 5.73. The van der Waals surface area contributed by atoms with Gasteiger partial charge in [-0.05, 0) is 55.4 Å². The van der Waals surface area contributed by atoms with Crippen LogP contribution in [0.3, 0.4) is 0 Å². The molecule has 1 aromatic rings. The molecule has 3 atom stereocenters. The van der Waals surface area contributed by atoms with Gasteiger partial charge in [-0.2, -0.15) is 0 Å². The SMILES string of the molecule is COc1ccc(NC2(C(N)=O)CCC(C)CC2C)cc1. The molecule has 110 valence electrons. The lowest BCUT2D eigenvalue weighted by molar-refractivity contribution is -0.125.